The predicted molar refractivity (Wildman–Crippen MR) is 119 cm³/mol. The first-order valence-corrected chi connectivity index (χ1v) is 10.3. The number of aromatic nitrogens is 1. The van der Waals surface area contributed by atoms with E-state index in [2.05, 4.69) is 0 Å². The molecule has 4 aromatic rings. The first kappa shape index (κ1) is 23.3. The minimum absolute atomic E-state index is 0.00658. The van der Waals surface area contributed by atoms with Crippen molar-refractivity contribution in [2.24, 2.45) is 7.05 Å². The van der Waals surface area contributed by atoms with Crippen molar-refractivity contribution in [3.05, 3.63) is 94.0 Å². The molecule has 0 amide bonds. The lowest BCUT2D eigenvalue weighted by Gasteiger charge is -2.37. The van der Waals surface area contributed by atoms with Crippen LogP contribution in [0, 0.1) is 0 Å². The van der Waals surface area contributed by atoms with Crippen LogP contribution in [0.15, 0.2) is 75.9 Å². The molecule has 0 spiro atoms. The molecule has 1 aromatic heterocycles. The quantitative estimate of drug-likeness (QED) is 0.425. The molecule has 0 bridgehead atoms. The Morgan fingerprint density at radius 1 is 1.03 bits per heavy atom. The lowest BCUT2D eigenvalue weighted by molar-refractivity contribution is -0.274. The minimum Gasteiger partial charge on any atom is -0.478 e. The van der Waals surface area contributed by atoms with E-state index in [1.165, 1.54) is 32.2 Å². The summed E-state index contributed by atoms with van der Waals surface area (Å²) in [6.07, 6.45) is -5.14. The maximum absolute atomic E-state index is 14.6. The lowest BCUT2D eigenvalue weighted by Crippen LogP contribution is -2.46. The second-order valence-electron chi connectivity index (χ2n) is 8.07. The van der Waals surface area contributed by atoms with Crippen molar-refractivity contribution < 1.29 is 32.6 Å². The van der Waals surface area contributed by atoms with Crippen molar-refractivity contribution in [2.75, 3.05) is 0 Å². The number of nitrogens with zero attached hydrogens (tertiary/aromatic N) is 1. The monoisotopic (exact) mass is 471 g/mol. The molecule has 0 saturated heterocycles. The molecule has 4 rings (SSSR count). The second kappa shape index (κ2) is 8.18. The number of aliphatic hydroxyl groups is 1. The van der Waals surface area contributed by atoms with Crippen LogP contribution in [-0.2, 0) is 12.6 Å². The average Bonchev–Trinajstić information content (AvgIpc) is 3.10. The Bertz CT molecular complexity index is 1440. The van der Waals surface area contributed by atoms with Crippen LogP contribution in [0.1, 0.15) is 34.3 Å². The molecule has 9 heteroatoms. The summed E-state index contributed by atoms with van der Waals surface area (Å²) in [6, 6.07) is 15.7. The summed E-state index contributed by atoms with van der Waals surface area (Å²) in [5, 5.41) is 20.8. The van der Waals surface area contributed by atoms with E-state index >= 15 is 0 Å². The topological polar surface area (TPSA) is 92.7 Å². The third-order valence-corrected chi connectivity index (χ3v) is 6.14. The number of carboxylic acids is 1. The average molecular weight is 471 g/mol. The van der Waals surface area contributed by atoms with Gasteiger partial charge in [-0.05, 0) is 46.5 Å². The zero-order valence-electron chi connectivity index (χ0n) is 18.1. The Kier molecular flexibility index (Phi) is 5.61. The Balaban J connectivity index is 1.98. The van der Waals surface area contributed by atoms with E-state index in [1.54, 1.807) is 30.3 Å². The van der Waals surface area contributed by atoms with Gasteiger partial charge in [-0.15, -0.1) is 0 Å². The molecule has 1 heterocycles. The van der Waals surface area contributed by atoms with Crippen LogP contribution in [0.4, 0.5) is 13.2 Å². The number of halogens is 3. The molecule has 34 heavy (non-hydrogen) atoms. The number of alkyl halides is 3. The minimum atomic E-state index is -5.14. The molecule has 2 atom stereocenters. The van der Waals surface area contributed by atoms with Gasteiger partial charge in [0, 0.05) is 13.0 Å². The van der Waals surface area contributed by atoms with E-state index in [0.717, 1.165) is 22.8 Å². The van der Waals surface area contributed by atoms with Gasteiger partial charge < -0.3 is 14.6 Å². The van der Waals surface area contributed by atoms with E-state index in [0.29, 0.717) is 11.1 Å². The molecule has 0 radical (unpaired) electrons. The molecule has 176 valence electrons. The number of aryl methyl sites for hydroxylation is 1. The lowest BCUT2D eigenvalue weighted by atomic mass is 9.75. The maximum Gasteiger partial charge on any atom is 0.422 e. The first-order chi connectivity index (χ1) is 15.9. The molecule has 6 nitrogen and oxygen atoms in total. The smallest absolute Gasteiger partial charge is 0.422 e. The van der Waals surface area contributed by atoms with Gasteiger partial charge in [-0.3, -0.25) is 4.57 Å². The van der Waals surface area contributed by atoms with Gasteiger partial charge in [-0.1, -0.05) is 49.4 Å². The summed E-state index contributed by atoms with van der Waals surface area (Å²) in [6.45, 7) is 1.19. The van der Waals surface area contributed by atoms with Gasteiger partial charge in [-0.25, -0.2) is 9.59 Å². The molecule has 0 aliphatic rings. The van der Waals surface area contributed by atoms with E-state index in [9.17, 15) is 33.0 Å². The Labute approximate surface area is 191 Å². The third-order valence-electron chi connectivity index (χ3n) is 6.14. The highest BCUT2D eigenvalue weighted by Gasteiger charge is 2.59. The number of benzene rings is 3. The number of oxazole rings is 1. The second-order valence-corrected chi connectivity index (χ2v) is 8.07. The summed E-state index contributed by atoms with van der Waals surface area (Å²) in [5.41, 5.74) is -3.03. The van der Waals surface area contributed by atoms with Gasteiger partial charge in [0.1, 0.15) is 0 Å². The third kappa shape index (κ3) is 3.67. The summed E-state index contributed by atoms with van der Waals surface area (Å²) < 4.78 is 49.7. The van der Waals surface area contributed by atoms with Crippen LogP contribution in [-0.4, -0.2) is 26.9 Å². The number of hydrogen-bond acceptors (Lipinski definition) is 4. The normalized spacial score (nSPS) is 14.6. The first-order valence-electron chi connectivity index (χ1n) is 10.3. The number of fused-ring (bicyclic) bond motifs is 1. The molecule has 2 N–H and O–H groups in total. The highest BCUT2D eigenvalue weighted by atomic mass is 19.4. The molecule has 3 aromatic carbocycles. The van der Waals surface area contributed by atoms with Crippen LogP contribution in [0.25, 0.3) is 22.2 Å². The van der Waals surface area contributed by atoms with Crippen molar-refractivity contribution >= 4 is 17.1 Å². The molecular formula is C25H20F3NO5. The van der Waals surface area contributed by atoms with E-state index < -0.39 is 35.0 Å². The summed E-state index contributed by atoms with van der Waals surface area (Å²) in [7, 11) is 1.35. The molecule has 2 unspecified atom stereocenters. The van der Waals surface area contributed by atoms with Crippen LogP contribution < -0.4 is 5.76 Å². The van der Waals surface area contributed by atoms with Gasteiger partial charge in [-0.2, -0.15) is 13.2 Å². The number of hydrogen-bond donors (Lipinski definition) is 2. The fourth-order valence-electron chi connectivity index (χ4n) is 4.18. The molecule has 0 fully saturated rings. The molecule has 0 saturated carbocycles. The largest absolute Gasteiger partial charge is 0.478 e. The van der Waals surface area contributed by atoms with Crippen LogP contribution >= 0.6 is 0 Å². The fourth-order valence-corrected chi connectivity index (χ4v) is 4.18. The van der Waals surface area contributed by atoms with E-state index in [1.807, 2.05) is 0 Å². The van der Waals surface area contributed by atoms with Crippen molar-refractivity contribution in [1.82, 2.24) is 4.57 Å². The summed E-state index contributed by atoms with van der Waals surface area (Å²) >= 11 is 0. The van der Waals surface area contributed by atoms with Crippen LogP contribution in [0.3, 0.4) is 0 Å². The number of aromatic carboxylic acids is 1. The van der Waals surface area contributed by atoms with Crippen molar-refractivity contribution in [1.29, 1.82) is 0 Å². The SMILES string of the molecule is CC(c1cc(C(=O)O)ccc1-c1ccccc1)C(O)(c1ccc2oc(=O)n(C)c2c1)C(F)(F)F. The number of rotatable bonds is 5. The molecule has 0 aliphatic carbocycles. The van der Waals surface area contributed by atoms with Crippen molar-refractivity contribution in [3.8, 4) is 11.1 Å². The standard InChI is InChI=1S/C25H20F3NO5/c1-14(19-12-16(22(30)31)8-10-18(19)15-6-4-3-5-7-15)24(33,25(26,27)28)17-9-11-21-20(13-17)29(2)23(32)34-21/h3-14,33H,1-2H3,(H,30,31). The van der Waals surface area contributed by atoms with Gasteiger partial charge in [0.2, 0.25) is 0 Å². The van der Waals surface area contributed by atoms with Crippen LogP contribution in [0.2, 0.25) is 0 Å². The highest BCUT2D eigenvalue weighted by molar-refractivity contribution is 5.89. The number of carboxylic acid groups (broad SMARTS) is 1. The van der Waals surface area contributed by atoms with E-state index in [-0.39, 0.29) is 22.2 Å². The Morgan fingerprint density at radius 3 is 2.32 bits per heavy atom. The summed E-state index contributed by atoms with van der Waals surface area (Å²) in [5.74, 6) is -3.68. The zero-order valence-corrected chi connectivity index (χ0v) is 18.1. The highest BCUT2D eigenvalue weighted by Crippen LogP contribution is 2.50. The Morgan fingerprint density at radius 2 is 1.71 bits per heavy atom. The van der Waals surface area contributed by atoms with E-state index in [4.69, 9.17) is 4.42 Å². The van der Waals surface area contributed by atoms with Gasteiger partial charge >= 0.3 is 17.9 Å². The molecule has 0 aliphatic heterocycles. The Hall–Kier alpha value is -3.85. The zero-order chi connectivity index (χ0) is 24.8. The van der Waals surface area contributed by atoms with Gasteiger partial charge in [0.15, 0.2) is 11.2 Å². The molecular weight excluding hydrogens is 451 g/mol. The van der Waals surface area contributed by atoms with Gasteiger partial charge in [0.05, 0.1) is 11.1 Å². The predicted octanol–water partition coefficient (Wildman–Crippen LogP) is 5.05. The summed E-state index contributed by atoms with van der Waals surface area (Å²) in [4.78, 5) is 23.4. The van der Waals surface area contributed by atoms with Crippen LogP contribution in [0.5, 0.6) is 0 Å². The maximum atomic E-state index is 14.6. The fraction of sp³-hybridized carbons (Fsp3) is 0.200. The van der Waals surface area contributed by atoms with Crippen molar-refractivity contribution in [3.63, 3.8) is 0 Å². The van der Waals surface area contributed by atoms with Crippen molar-refractivity contribution in [2.45, 2.75) is 24.6 Å². The van der Waals surface area contributed by atoms with Gasteiger partial charge in [0.25, 0.3) is 0 Å². The number of carbonyl (C=O) groups is 1.